The van der Waals surface area contributed by atoms with E-state index in [1.54, 1.807) is 25.6 Å². The van der Waals surface area contributed by atoms with E-state index in [9.17, 15) is 19.7 Å². The van der Waals surface area contributed by atoms with Gasteiger partial charge >= 0.3 is 0 Å². The highest BCUT2D eigenvalue weighted by Gasteiger charge is 2.36. The van der Waals surface area contributed by atoms with E-state index in [4.69, 9.17) is 14.6 Å². The molecule has 1 aliphatic rings. The summed E-state index contributed by atoms with van der Waals surface area (Å²) in [5.74, 6) is 0.966. The van der Waals surface area contributed by atoms with Crippen LogP contribution in [-0.2, 0) is 17.9 Å². The summed E-state index contributed by atoms with van der Waals surface area (Å²) in [6.45, 7) is 0.448. The van der Waals surface area contributed by atoms with Crippen LogP contribution in [0.25, 0.3) is 0 Å². The Bertz CT molecular complexity index is 1980. The molecule has 0 spiro atoms. The van der Waals surface area contributed by atoms with E-state index in [0.29, 0.717) is 35.4 Å². The van der Waals surface area contributed by atoms with Crippen LogP contribution in [0.1, 0.15) is 44.6 Å². The number of nitro groups is 1. The SMILES string of the molecule is COc1cccc(C2CC(c3cccs3)=NN2C(=O)CSc2nnc(CNC(=O)c3ccc([N+](=O)[O-])cc3)n2Cc2ccccc2)c1OC. The van der Waals surface area contributed by atoms with Crippen molar-refractivity contribution in [1.82, 2.24) is 25.1 Å². The minimum Gasteiger partial charge on any atom is -0.493 e. The molecule has 2 aromatic heterocycles. The number of para-hydroxylation sites is 1. The highest BCUT2D eigenvalue weighted by molar-refractivity contribution is 7.99. The first-order chi connectivity index (χ1) is 23.9. The zero-order valence-electron chi connectivity index (χ0n) is 26.5. The van der Waals surface area contributed by atoms with Crippen LogP contribution in [0, 0.1) is 10.1 Å². The Labute approximate surface area is 289 Å². The number of non-ortho nitro benzene ring substituents is 1. The molecule has 15 heteroatoms. The van der Waals surface area contributed by atoms with E-state index in [0.717, 1.165) is 21.7 Å². The maximum absolute atomic E-state index is 14.0. The third-order valence-corrected chi connectivity index (χ3v) is 9.68. The Morgan fingerprint density at radius 1 is 1.00 bits per heavy atom. The molecule has 1 N–H and O–H groups in total. The summed E-state index contributed by atoms with van der Waals surface area (Å²) in [6.07, 6.45) is 0.503. The van der Waals surface area contributed by atoms with Crippen molar-refractivity contribution in [3.05, 3.63) is 128 Å². The first kappa shape index (κ1) is 33.4. The molecule has 0 saturated heterocycles. The lowest BCUT2D eigenvalue weighted by atomic mass is 9.99. The summed E-state index contributed by atoms with van der Waals surface area (Å²) >= 11 is 2.79. The molecule has 0 saturated carbocycles. The second-order valence-electron chi connectivity index (χ2n) is 10.8. The molecule has 1 unspecified atom stereocenters. The van der Waals surface area contributed by atoms with Gasteiger partial charge in [0, 0.05) is 29.7 Å². The van der Waals surface area contributed by atoms with Gasteiger partial charge in [-0.2, -0.15) is 5.10 Å². The van der Waals surface area contributed by atoms with Crippen LogP contribution in [0.3, 0.4) is 0 Å². The molecule has 49 heavy (non-hydrogen) atoms. The number of aromatic nitrogens is 3. The molecule has 13 nitrogen and oxygen atoms in total. The van der Waals surface area contributed by atoms with Gasteiger partial charge in [-0.25, -0.2) is 5.01 Å². The number of hydrogen-bond acceptors (Lipinski definition) is 11. The Morgan fingerprint density at radius 2 is 1.80 bits per heavy atom. The zero-order chi connectivity index (χ0) is 34.3. The van der Waals surface area contributed by atoms with Crippen LogP contribution in [0.4, 0.5) is 5.69 Å². The molecule has 5 aromatic rings. The fourth-order valence-corrected chi connectivity index (χ4v) is 6.95. The highest BCUT2D eigenvalue weighted by atomic mass is 32.2. The monoisotopic (exact) mass is 697 g/mol. The van der Waals surface area contributed by atoms with Crippen LogP contribution < -0.4 is 14.8 Å². The standard InChI is InChI=1S/C34H31N7O6S2/c1-46-28-11-6-10-25(32(28)47-2)27-18-26(29-12-7-17-48-29)38-40(27)31(42)21-49-34-37-36-30(39(34)20-22-8-4-3-5-9-22)19-35-33(43)23-13-15-24(16-14-23)41(44)45/h3-17,27H,18-21H2,1-2H3,(H,35,43). The Hall–Kier alpha value is -5.54. The molecule has 250 valence electrons. The predicted molar refractivity (Wildman–Crippen MR) is 185 cm³/mol. The van der Waals surface area contributed by atoms with Gasteiger partial charge in [-0.3, -0.25) is 19.7 Å². The molecule has 3 aromatic carbocycles. The van der Waals surface area contributed by atoms with Gasteiger partial charge in [-0.05, 0) is 35.2 Å². The predicted octanol–water partition coefficient (Wildman–Crippen LogP) is 5.71. The molecule has 6 rings (SSSR count). The van der Waals surface area contributed by atoms with Crippen molar-refractivity contribution in [3.8, 4) is 11.5 Å². The van der Waals surface area contributed by atoms with Crippen LogP contribution in [0.15, 0.2) is 101 Å². The second-order valence-corrected chi connectivity index (χ2v) is 12.7. The first-order valence-corrected chi connectivity index (χ1v) is 17.0. The number of benzene rings is 3. The van der Waals surface area contributed by atoms with Gasteiger partial charge in [0.15, 0.2) is 22.5 Å². The summed E-state index contributed by atoms with van der Waals surface area (Å²) in [4.78, 5) is 38.3. The average Bonchev–Trinajstić information content (AvgIpc) is 3.90. The average molecular weight is 698 g/mol. The molecule has 0 bridgehead atoms. The number of hydrogen-bond donors (Lipinski definition) is 1. The van der Waals surface area contributed by atoms with Crippen molar-refractivity contribution in [1.29, 1.82) is 0 Å². The van der Waals surface area contributed by atoms with Crippen LogP contribution in [-0.4, -0.2) is 62.2 Å². The summed E-state index contributed by atoms with van der Waals surface area (Å²) < 4.78 is 13.1. The molecular formula is C34H31N7O6S2. The van der Waals surface area contributed by atoms with Gasteiger partial charge < -0.3 is 19.4 Å². The van der Waals surface area contributed by atoms with Crippen LogP contribution >= 0.6 is 23.1 Å². The normalized spacial score (nSPS) is 14.0. The molecule has 0 aliphatic carbocycles. The summed E-state index contributed by atoms with van der Waals surface area (Å²) in [5.41, 5.74) is 2.74. The number of carbonyl (C=O) groups is 2. The number of nitro benzene ring substituents is 1. The van der Waals surface area contributed by atoms with Crippen molar-refractivity contribution < 1.29 is 24.0 Å². The number of methoxy groups -OCH3 is 2. The third-order valence-electron chi connectivity index (χ3n) is 7.81. The van der Waals surface area contributed by atoms with E-state index in [-0.39, 0.29) is 29.5 Å². The van der Waals surface area contributed by atoms with E-state index >= 15 is 0 Å². The number of nitrogens with one attached hydrogen (secondary N) is 1. The molecule has 0 fully saturated rings. The number of nitrogens with zero attached hydrogens (tertiary/aromatic N) is 6. The Morgan fingerprint density at radius 3 is 2.49 bits per heavy atom. The summed E-state index contributed by atoms with van der Waals surface area (Å²) in [5, 5.41) is 31.3. The fraction of sp³-hybridized carbons (Fsp3) is 0.206. The quantitative estimate of drug-likeness (QED) is 0.0925. The topological polar surface area (TPSA) is 154 Å². The number of hydrazone groups is 1. The highest BCUT2D eigenvalue weighted by Crippen LogP contribution is 2.42. The first-order valence-electron chi connectivity index (χ1n) is 15.1. The maximum Gasteiger partial charge on any atom is 0.269 e. The molecule has 1 atom stereocenters. The van der Waals surface area contributed by atoms with Crippen molar-refractivity contribution in [2.45, 2.75) is 30.7 Å². The second kappa shape index (κ2) is 15.1. The fourth-order valence-electron chi connectivity index (χ4n) is 5.42. The number of amides is 2. The Balaban J connectivity index is 1.23. The Kier molecular flexibility index (Phi) is 10.3. The van der Waals surface area contributed by atoms with E-state index in [1.165, 1.54) is 41.0 Å². The number of rotatable bonds is 13. The van der Waals surface area contributed by atoms with Gasteiger partial charge in [0.05, 0.1) is 54.6 Å². The lowest BCUT2D eigenvalue weighted by Crippen LogP contribution is -2.29. The van der Waals surface area contributed by atoms with Gasteiger partial charge in [-0.15, -0.1) is 21.5 Å². The zero-order valence-corrected chi connectivity index (χ0v) is 28.1. The van der Waals surface area contributed by atoms with Gasteiger partial charge in [-0.1, -0.05) is 60.3 Å². The maximum atomic E-state index is 14.0. The van der Waals surface area contributed by atoms with E-state index < -0.39 is 16.9 Å². The van der Waals surface area contributed by atoms with Crippen LogP contribution in [0.2, 0.25) is 0 Å². The van der Waals surface area contributed by atoms with Crippen LogP contribution in [0.5, 0.6) is 11.5 Å². The minimum absolute atomic E-state index is 0.0199. The molecule has 0 radical (unpaired) electrons. The van der Waals surface area contributed by atoms with Crippen molar-refractivity contribution >= 4 is 46.3 Å². The van der Waals surface area contributed by atoms with Crippen molar-refractivity contribution in [2.24, 2.45) is 5.10 Å². The number of thioether (sulfide) groups is 1. The number of ether oxygens (including phenoxy) is 2. The van der Waals surface area contributed by atoms with Gasteiger partial charge in [0.25, 0.3) is 17.5 Å². The molecule has 1 aliphatic heterocycles. The minimum atomic E-state index is -0.522. The van der Waals surface area contributed by atoms with E-state index in [1.807, 2.05) is 70.6 Å². The largest absolute Gasteiger partial charge is 0.493 e. The third kappa shape index (κ3) is 7.47. The number of carbonyl (C=O) groups excluding carboxylic acids is 2. The lowest BCUT2D eigenvalue weighted by molar-refractivity contribution is -0.384. The molecule has 2 amide bonds. The smallest absolute Gasteiger partial charge is 0.269 e. The molecule has 3 heterocycles. The van der Waals surface area contributed by atoms with E-state index in [2.05, 4.69) is 15.5 Å². The van der Waals surface area contributed by atoms with Gasteiger partial charge in [0.1, 0.15) is 0 Å². The lowest BCUT2D eigenvalue weighted by Gasteiger charge is -2.24. The molecular weight excluding hydrogens is 667 g/mol. The summed E-state index contributed by atoms with van der Waals surface area (Å²) in [7, 11) is 3.15. The van der Waals surface area contributed by atoms with Crippen molar-refractivity contribution in [3.63, 3.8) is 0 Å². The van der Waals surface area contributed by atoms with Crippen molar-refractivity contribution in [2.75, 3.05) is 20.0 Å². The van der Waals surface area contributed by atoms with Gasteiger partial charge in [0.2, 0.25) is 0 Å². The number of thiophene rings is 1. The summed E-state index contributed by atoms with van der Waals surface area (Å²) in [6, 6.07) is 24.2.